The van der Waals surface area contributed by atoms with E-state index < -0.39 is 18.2 Å². The Morgan fingerprint density at radius 2 is 1.38 bits per heavy atom. The zero-order valence-electron chi connectivity index (χ0n) is 9.33. The molecule has 0 aromatic heterocycles. The standard InChI is InChI=1S/C11H16O4.Ca.2H/c1-6-9(14-10(12)7(2)3)15-11(13)8(4)5;;;/h9H,2,4,6H2,1,3,5H3;;;. The summed E-state index contributed by atoms with van der Waals surface area (Å²) in [6.07, 6.45) is -0.490. The molecule has 0 saturated carbocycles. The predicted octanol–water partition coefficient (Wildman–Crippen LogP) is 1.04. The molecule has 0 spiro atoms. The number of hydrogen-bond donors (Lipinski definition) is 0. The molecule has 0 N–H and O–H groups in total. The number of hydrogen-bond acceptors (Lipinski definition) is 4. The van der Waals surface area contributed by atoms with Crippen LogP contribution in [0.25, 0.3) is 0 Å². The van der Waals surface area contributed by atoms with Gasteiger partial charge in [-0.15, -0.1) is 0 Å². The molecule has 16 heavy (non-hydrogen) atoms. The molecule has 0 radical (unpaired) electrons. The molecule has 5 heteroatoms. The van der Waals surface area contributed by atoms with Gasteiger partial charge in [-0.1, -0.05) is 20.1 Å². The van der Waals surface area contributed by atoms with Crippen molar-refractivity contribution in [3.05, 3.63) is 24.3 Å². The topological polar surface area (TPSA) is 52.6 Å². The van der Waals surface area contributed by atoms with Gasteiger partial charge in [0.1, 0.15) is 0 Å². The summed E-state index contributed by atoms with van der Waals surface area (Å²) in [5.41, 5.74) is 0.527. The molecule has 0 fully saturated rings. The Kier molecular flexibility index (Phi) is 9.92. The van der Waals surface area contributed by atoms with Crippen molar-refractivity contribution in [3.63, 3.8) is 0 Å². The van der Waals surface area contributed by atoms with E-state index in [-0.39, 0.29) is 48.9 Å². The van der Waals surface area contributed by atoms with Gasteiger partial charge < -0.3 is 9.47 Å². The van der Waals surface area contributed by atoms with E-state index in [4.69, 9.17) is 9.47 Å². The molecule has 0 saturated heterocycles. The number of esters is 2. The number of ether oxygens (including phenoxy) is 2. The molecular formula is C11H18CaO4. The van der Waals surface area contributed by atoms with E-state index in [1.165, 1.54) is 13.8 Å². The minimum absolute atomic E-state index is 0. The Hall–Kier alpha value is -0.320. The van der Waals surface area contributed by atoms with Crippen molar-refractivity contribution >= 4 is 49.7 Å². The molecule has 0 aromatic carbocycles. The molecule has 0 rings (SSSR count). The first kappa shape index (κ1) is 18.1. The molecule has 0 atom stereocenters. The van der Waals surface area contributed by atoms with Crippen LogP contribution in [0.3, 0.4) is 0 Å². The monoisotopic (exact) mass is 254 g/mol. The third kappa shape index (κ3) is 7.04. The van der Waals surface area contributed by atoms with Gasteiger partial charge >= 0.3 is 49.7 Å². The summed E-state index contributed by atoms with van der Waals surface area (Å²) in [5.74, 6) is -1.15. The molecule has 0 unspecified atom stereocenters. The van der Waals surface area contributed by atoms with Crippen LogP contribution in [0, 0.1) is 0 Å². The van der Waals surface area contributed by atoms with Gasteiger partial charge in [-0.05, 0) is 13.8 Å². The van der Waals surface area contributed by atoms with Gasteiger partial charge in [0.25, 0.3) is 0 Å². The Labute approximate surface area is 126 Å². The number of carbonyl (C=O) groups is 2. The van der Waals surface area contributed by atoms with Gasteiger partial charge in [0.15, 0.2) is 0 Å². The summed E-state index contributed by atoms with van der Waals surface area (Å²) in [7, 11) is 0. The maximum atomic E-state index is 11.1. The molecule has 0 aromatic rings. The summed E-state index contributed by atoms with van der Waals surface area (Å²) in [4.78, 5) is 22.3. The Bertz CT molecular complexity index is 268. The summed E-state index contributed by atoms with van der Waals surface area (Å²) < 4.78 is 9.72. The average Bonchev–Trinajstić information content (AvgIpc) is 2.15. The molecule has 0 aliphatic rings. The van der Waals surface area contributed by atoms with Crippen molar-refractivity contribution in [3.8, 4) is 0 Å². The summed E-state index contributed by atoms with van der Waals surface area (Å²) >= 11 is 0. The molecule has 0 aliphatic heterocycles. The van der Waals surface area contributed by atoms with Gasteiger partial charge in [-0.25, -0.2) is 9.59 Å². The van der Waals surface area contributed by atoms with E-state index in [1.54, 1.807) is 6.92 Å². The zero-order valence-corrected chi connectivity index (χ0v) is 9.33. The number of carbonyl (C=O) groups excluding carboxylic acids is 2. The Morgan fingerprint density at radius 3 is 1.56 bits per heavy atom. The van der Waals surface area contributed by atoms with E-state index in [9.17, 15) is 9.59 Å². The molecule has 88 valence electrons. The van der Waals surface area contributed by atoms with Crippen LogP contribution < -0.4 is 0 Å². The first-order chi connectivity index (χ1) is 6.88. The van der Waals surface area contributed by atoms with Crippen LogP contribution in [0.1, 0.15) is 27.2 Å². The maximum absolute atomic E-state index is 11.1. The van der Waals surface area contributed by atoms with E-state index in [2.05, 4.69) is 13.2 Å². The second kappa shape index (κ2) is 8.79. The fraction of sp³-hybridized carbons (Fsp3) is 0.455. The average molecular weight is 254 g/mol. The van der Waals surface area contributed by atoms with Crippen LogP contribution in [-0.4, -0.2) is 56.0 Å². The third-order valence-corrected chi connectivity index (χ3v) is 1.51. The van der Waals surface area contributed by atoms with E-state index >= 15 is 0 Å². The first-order valence-electron chi connectivity index (χ1n) is 4.61. The fourth-order valence-electron chi connectivity index (χ4n) is 0.631. The first-order valence-corrected chi connectivity index (χ1v) is 4.61. The van der Waals surface area contributed by atoms with Crippen LogP contribution >= 0.6 is 0 Å². The summed E-state index contributed by atoms with van der Waals surface area (Å²) in [6, 6.07) is 0. The van der Waals surface area contributed by atoms with Crippen LogP contribution in [0.5, 0.6) is 0 Å². The van der Waals surface area contributed by atoms with Gasteiger partial charge in [-0.3, -0.25) is 0 Å². The van der Waals surface area contributed by atoms with Crippen molar-refractivity contribution in [1.82, 2.24) is 0 Å². The second-order valence-electron chi connectivity index (χ2n) is 3.21. The third-order valence-electron chi connectivity index (χ3n) is 1.51. The van der Waals surface area contributed by atoms with Gasteiger partial charge in [-0.2, -0.15) is 0 Å². The summed E-state index contributed by atoms with van der Waals surface area (Å²) in [5, 5.41) is 0. The zero-order chi connectivity index (χ0) is 12.0. The van der Waals surface area contributed by atoms with Crippen molar-refractivity contribution in [2.24, 2.45) is 0 Å². The number of rotatable bonds is 5. The van der Waals surface area contributed by atoms with Crippen LogP contribution in [-0.2, 0) is 19.1 Å². The van der Waals surface area contributed by atoms with Crippen LogP contribution in [0.4, 0.5) is 0 Å². The van der Waals surface area contributed by atoms with Crippen molar-refractivity contribution in [1.29, 1.82) is 0 Å². The minimum atomic E-state index is -0.876. The predicted molar refractivity (Wildman–Crippen MR) is 64.4 cm³/mol. The van der Waals surface area contributed by atoms with E-state index in [0.29, 0.717) is 6.42 Å². The van der Waals surface area contributed by atoms with Crippen LogP contribution in [0.15, 0.2) is 24.3 Å². The Balaban J connectivity index is 0. The van der Waals surface area contributed by atoms with Gasteiger partial charge in [0.05, 0.1) is 0 Å². The summed E-state index contributed by atoms with van der Waals surface area (Å²) in [6.45, 7) is 11.6. The molecular weight excluding hydrogens is 236 g/mol. The normalized spacial score (nSPS) is 9.00. The molecule has 0 heterocycles. The Morgan fingerprint density at radius 1 is 1.06 bits per heavy atom. The van der Waals surface area contributed by atoms with Gasteiger partial charge in [0, 0.05) is 17.6 Å². The SMILES string of the molecule is C=C(C)C(=O)OC(CC)OC(=O)C(=C)C.[CaH2]. The fourth-order valence-corrected chi connectivity index (χ4v) is 0.631. The van der Waals surface area contributed by atoms with E-state index in [1.807, 2.05) is 0 Å². The van der Waals surface area contributed by atoms with Crippen molar-refractivity contribution < 1.29 is 19.1 Å². The molecule has 4 nitrogen and oxygen atoms in total. The molecule has 0 bridgehead atoms. The van der Waals surface area contributed by atoms with E-state index in [0.717, 1.165) is 0 Å². The van der Waals surface area contributed by atoms with Crippen molar-refractivity contribution in [2.45, 2.75) is 33.5 Å². The van der Waals surface area contributed by atoms with Crippen LogP contribution in [0.2, 0.25) is 0 Å². The molecule has 0 aliphatic carbocycles. The van der Waals surface area contributed by atoms with Crippen molar-refractivity contribution in [2.75, 3.05) is 0 Å². The molecule has 0 amide bonds. The van der Waals surface area contributed by atoms with Gasteiger partial charge in [0.2, 0.25) is 6.29 Å². The second-order valence-corrected chi connectivity index (χ2v) is 3.21. The quantitative estimate of drug-likeness (QED) is 0.318.